The van der Waals surface area contributed by atoms with Crippen LogP contribution in [-0.4, -0.2) is 0 Å². The molecule has 0 spiro atoms. The molecule has 0 amide bonds. The van der Waals surface area contributed by atoms with E-state index in [4.69, 9.17) is 0 Å². The van der Waals surface area contributed by atoms with Crippen molar-refractivity contribution in [3.05, 3.63) is 108 Å². The summed E-state index contributed by atoms with van der Waals surface area (Å²) >= 11 is 0. The van der Waals surface area contributed by atoms with E-state index in [1.165, 1.54) is 16.5 Å². The van der Waals surface area contributed by atoms with Crippen molar-refractivity contribution in [1.82, 2.24) is 0 Å². The van der Waals surface area contributed by atoms with Gasteiger partial charge in [-0.2, -0.15) is 0 Å². The Kier molecular flexibility index (Phi) is 5.57. The van der Waals surface area contributed by atoms with Gasteiger partial charge in [0.25, 0.3) is 0 Å². The van der Waals surface area contributed by atoms with E-state index in [1.807, 2.05) is 37.3 Å². The van der Waals surface area contributed by atoms with Crippen LogP contribution >= 0.6 is 0 Å². The van der Waals surface area contributed by atoms with Gasteiger partial charge in [-0.15, -0.1) is 0 Å². The topological polar surface area (TPSA) is 0 Å². The maximum Gasteiger partial charge on any atom is 0.131 e. The summed E-state index contributed by atoms with van der Waals surface area (Å²) in [6, 6.07) is 26.4. The molecule has 0 radical (unpaired) electrons. The van der Waals surface area contributed by atoms with E-state index in [0.29, 0.717) is 5.56 Å². The summed E-state index contributed by atoms with van der Waals surface area (Å²) in [6.45, 7) is 4.10. The molecule has 4 rings (SSSR count). The monoisotopic (exact) mass is 380 g/mol. The third-order valence-corrected chi connectivity index (χ3v) is 5.41. The molecule has 4 aromatic carbocycles. The quantitative estimate of drug-likeness (QED) is 0.307. The zero-order valence-electron chi connectivity index (χ0n) is 17.0. The first-order chi connectivity index (χ1) is 14.1. The highest BCUT2D eigenvalue weighted by Gasteiger charge is 2.09. The van der Waals surface area contributed by atoms with Gasteiger partial charge in [0.2, 0.25) is 0 Å². The van der Waals surface area contributed by atoms with E-state index < -0.39 is 0 Å². The van der Waals surface area contributed by atoms with Gasteiger partial charge < -0.3 is 0 Å². The van der Waals surface area contributed by atoms with Gasteiger partial charge in [-0.3, -0.25) is 0 Å². The van der Waals surface area contributed by atoms with Crippen molar-refractivity contribution < 1.29 is 4.39 Å². The van der Waals surface area contributed by atoms with Crippen molar-refractivity contribution in [2.75, 3.05) is 0 Å². The minimum atomic E-state index is -0.189. The lowest BCUT2D eigenvalue weighted by Crippen LogP contribution is -1.88. The van der Waals surface area contributed by atoms with Crippen LogP contribution in [0, 0.1) is 12.7 Å². The molecule has 0 atom stereocenters. The van der Waals surface area contributed by atoms with E-state index in [0.717, 1.165) is 34.9 Å². The normalized spacial score (nSPS) is 11.4. The van der Waals surface area contributed by atoms with Crippen LogP contribution in [0.1, 0.15) is 24.5 Å². The van der Waals surface area contributed by atoms with Gasteiger partial charge in [-0.1, -0.05) is 84.4 Å². The molecule has 4 aromatic rings. The summed E-state index contributed by atoms with van der Waals surface area (Å²) in [5.41, 5.74) is 6.01. The van der Waals surface area contributed by atoms with Crippen molar-refractivity contribution in [3.63, 3.8) is 0 Å². The first-order valence-electron chi connectivity index (χ1n) is 10.1. The standard InChI is InChI=1S/C28H25F/c1-3-4-5-6-21-9-12-24-18-26(14-13-23(24)17-21)27-16-15-25(19-28(27)29)22-10-7-20(2)8-11-22/h3-4,7-19H,5-6H2,1-2H3/b4-3+. The van der Waals surface area contributed by atoms with Crippen LogP contribution < -0.4 is 0 Å². The van der Waals surface area contributed by atoms with Crippen LogP contribution in [0.3, 0.4) is 0 Å². The van der Waals surface area contributed by atoms with Gasteiger partial charge >= 0.3 is 0 Å². The Morgan fingerprint density at radius 3 is 2.17 bits per heavy atom. The molecule has 144 valence electrons. The third kappa shape index (κ3) is 4.30. The Morgan fingerprint density at radius 2 is 1.41 bits per heavy atom. The number of halogens is 1. The Bertz CT molecular complexity index is 1170. The van der Waals surface area contributed by atoms with E-state index >= 15 is 0 Å². The number of benzene rings is 4. The van der Waals surface area contributed by atoms with E-state index in [1.54, 1.807) is 6.07 Å². The van der Waals surface area contributed by atoms with Crippen molar-refractivity contribution in [2.24, 2.45) is 0 Å². The van der Waals surface area contributed by atoms with Crippen LogP contribution in [0.15, 0.2) is 91.0 Å². The minimum absolute atomic E-state index is 0.189. The predicted octanol–water partition coefficient (Wildman–Crippen LogP) is 8.13. The Labute approximate surface area is 172 Å². The highest BCUT2D eigenvalue weighted by molar-refractivity contribution is 5.88. The Hall–Kier alpha value is -3.19. The molecule has 0 fully saturated rings. The average molecular weight is 381 g/mol. The van der Waals surface area contributed by atoms with E-state index in [2.05, 4.69) is 61.5 Å². The fourth-order valence-corrected chi connectivity index (χ4v) is 3.71. The van der Waals surface area contributed by atoms with Crippen molar-refractivity contribution in [2.45, 2.75) is 26.7 Å². The average Bonchev–Trinajstić information content (AvgIpc) is 2.74. The van der Waals surface area contributed by atoms with Gasteiger partial charge in [0.05, 0.1) is 0 Å². The largest absolute Gasteiger partial charge is 0.206 e. The molecule has 0 heterocycles. The lowest BCUT2D eigenvalue weighted by Gasteiger charge is -2.09. The zero-order chi connectivity index (χ0) is 20.2. The summed E-state index contributed by atoms with van der Waals surface area (Å²) in [4.78, 5) is 0. The van der Waals surface area contributed by atoms with Crippen LogP contribution in [0.25, 0.3) is 33.0 Å². The molecule has 0 aliphatic heterocycles. The van der Waals surface area contributed by atoms with Gasteiger partial charge in [0.15, 0.2) is 0 Å². The lowest BCUT2D eigenvalue weighted by molar-refractivity contribution is 0.632. The highest BCUT2D eigenvalue weighted by Crippen LogP contribution is 2.30. The molecule has 0 unspecified atom stereocenters. The first-order valence-corrected chi connectivity index (χ1v) is 10.1. The molecule has 0 bridgehead atoms. The van der Waals surface area contributed by atoms with E-state index in [-0.39, 0.29) is 5.82 Å². The summed E-state index contributed by atoms with van der Waals surface area (Å²) < 4.78 is 14.9. The fraction of sp³-hybridized carbons (Fsp3) is 0.143. The highest BCUT2D eigenvalue weighted by atomic mass is 19.1. The van der Waals surface area contributed by atoms with Crippen LogP contribution in [0.4, 0.5) is 4.39 Å². The van der Waals surface area contributed by atoms with Crippen molar-refractivity contribution in [1.29, 1.82) is 0 Å². The van der Waals surface area contributed by atoms with Gasteiger partial charge in [-0.05, 0) is 71.8 Å². The number of aryl methyl sites for hydroxylation is 2. The second-order valence-corrected chi connectivity index (χ2v) is 7.56. The molecule has 0 saturated heterocycles. The maximum atomic E-state index is 14.9. The molecule has 0 aromatic heterocycles. The van der Waals surface area contributed by atoms with Gasteiger partial charge in [-0.25, -0.2) is 4.39 Å². The molecule has 0 saturated carbocycles. The molecule has 0 aliphatic rings. The Balaban J connectivity index is 1.63. The number of hydrogen-bond donors (Lipinski definition) is 0. The minimum Gasteiger partial charge on any atom is -0.206 e. The molecule has 0 N–H and O–H groups in total. The summed E-state index contributed by atoms with van der Waals surface area (Å²) in [5.74, 6) is -0.189. The summed E-state index contributed by atoms with van der Waals surface area (Å²) in [5, 5.41) is 2.34. The maximum absolute atomic E-state index is 14.9. The van der Waals surface area contributed by atoms with Crippen LogP contribution in [-0.2, 0) is 6.42 Å². The smallest absolute Gasteiger partial charge is 0.131 e. The molecule has 29 heavy (non-hydrogen) atoms. The molecule has 0 nitrogen and oxygen atoms in total. The number of rotatable bonds is 5. The van der Waals surface area contributed by atoms with Crippen LogP contribution in [0.5, 0.6) is 0 Å². The number of hydrogen-bond acceptors (Lipinski definition) is 0. The van der Waals surface area contributed by atoms with Crippen LogP contribution in [0.2, 0.25) is 0 Å². The second-order valence-electron chi connectivity index (χ2n) is 7.56. The van der Waals surface area contributed by atoms with Crippen molar-refractivity contribution >= 4 is 10.8 Å². The predicted molar refractivity (Wildman–Crippen MR) is 123 cm³/mol. The SMILES string of the molecule is C/C=C/CCc1ccc2cc(-c3ccc(-c4ccc(C)cc4)cc3F)ccc2c1. The Morgan fingerprint density at radius 1 is 0.724 bits per heavy atom. The first kappa shape index (κ1) is 19.1. The molecule has 1 heteroatoms. The molecule has 0 aliphatic carbocycles. The number of allylic oxidation sites excluding steroid dienone is 2. The lowest BCUT2D eigenvalue weighted by atomic mass is 9.96. The third-order valence-electron chi connectivity index (χ3n) is 5.41. The van der Waals surface area contributed by atoms with Gasteiger partial charge in [0.1, 0.15) is 5.82 Å². The summed E-state index contributed by atoms with van der Waals surface area (Å²) in [7, 11) is 0. The zero-order valence-corrected chi connectivity index (χ0v) is 17.0. The molecular weight excluding hydrogens is 355 g/mol. The fourth-order valence-electron chi connectivity index (χ4n) is 3.71. The summed E-state index contributed by atoms with van der Waals surface area (Å²) in [6.07, 6.45) is 6.37. The number of fused-ring (bicyclic) bond motifs is 1. The molecular formula is C28H25F. The van der Waals surface area contributed by atoms with Gasteiger partial charge in [0, 0.05) is 5.56 Å². The van der Waals surface area contributed by atoms with Crippen molar-refractivity contribution in [3.8, 4) is 22.3 Å². The second kappa shape index (κ2) is 8.45. The van der Waals surface area contributed by atoms with E-state index in [9.17, 15) is 4.39 Å².